The van der Waals surface area contributed by atoms with Crippen LogP contribution in [0.2, 0.25) is 0 Å². The highest BCUT2D eigenvalue weighted by atomic mass is 32.2. The first kappa shape index (κ1) is 10.8. The topological polar surface area (TPSA) is 92.4 Å². The number of aliphatic hydroxyl groups excluding tert-OH is 1. The second-order valence-corrected chi connectivity index (χ2v) is 4.02. The van der Waals surface area contributed by atoms with E-state index in [4.69, 9.17) is 10.2 Å². The van der Waals surface area contributed by atoms with Crippen LogP contribution < -0.4 is 9.86 Å². The van der Waals surface area contributed by atoms with Crippen LogP contribution >= 0.6 is 0 Å². The predicted octanol–water partition coefficient (Wildman–Crippen LogP) is -1.20. The fourth-order valence-corrected chi connectivity index (χ4v) is 1.36. The first-order valence-electron chi connectivity index (χ1n) is 3.27. The summed E-state index contributed by atoms with van der Waals surface area (Å²) in [6, 6.07) is -0.495. The molecule has 0 heterocycles. The van der Waals surface area contributed by atoms with E-state index in [1.165, 1.54) is 0 Å². The summed E-state index contributed by atoms with van der Waals surface area (Å²) in [5.74, 6) is 0.0262. The van der Waals surface area contributed by atoms with Crippen molar-refractivity contribution in [3.05, 3.63) is 0 Å². The van der Waals surface area contributed by atoms with Crippen LogP contribution in [0, 0.1) is 5.92 Å². The van der Waals surface area contributed by atoms with Gasteiger partial charge < -0.3 is 5.11 Å². The number of hydrogen-bond donors (Lipinski definition) is 3. The first-order chi connectivity index (χ1) is 4.87. The Labute approximate surface area is 66.8 Å². The minimum atomic E-state index is -3.69. The highest BCUT2D eigenvalue weighted by molar-refractivity contribution is 7.87. The Hall–Kier alpha value is -0.170. The fraction of sp³-hybridized carbons (Fsp3) is 1.00. The molecule has 4 N–H and O–H groups in total. The van der Waals surface area contributed by atoms with Crippen LogP contribution in [0.5, 0.6) is 0 Å². The van der Waals surface area contributed by atoms with Gasteiger partial charge in [-0.15, -0.1) is 0 Å². The Morgan fingerprint density at radius 3 is 2.09 bits per heavy atom. The van der Waals surface area contributed by atoms with Gasteiger partial charge in [-0.2, -0.15) is 13.1 Å². The van der Waals surface area contributed by atoms with Crippen molar-refractivity contribution in [2.75, 3.05) is 6.61 Å². The molecule has 0 fully saturated rings. The maximum Gasteiger partial charge on any atom is 0.274 e. The van der Waals surface area contributed by atoms with Crippen molar-refractivity contribution < 1.29 is 13.5 Å². The number of hydrogen-bond acceptors (Lipinski definition) is 3. The molecular formula is C5H14N2O3S. The predicted molar refractivity (Wildman–Crippen MR) is 42.0 cm³/mol. The van der Waals surface area contributed by atoms with Crippen LogP contribution in [0.1, 0.15) is 13.8 Å². The third-order valence-electron chi connectivity index (χ3n) is 1.32. The van der Waals surface area contributed by atoms with E-state index in [-0.39, 0.29) is 12.5 Å². The lowest BCUT2D eigenvalue weighted by atomic mass is 10.1. The maximum atomic E-state index is 10.5. The van der Waals surface area contributed by atoms with Crippen LogP contribution in [0.4, 0.5) is 0 Å². The zero-order valence-electron chi connectivity index (χ0n) is 6.61. The summed E-state index contributed by atoms with van der Waals surface area (Å²) in [6.07, 6.45) is 0. The zero-order chi connectivity index (χ0) is 9.07. The van der Waals surface area contributed by atoms with Gasteiger partial charge in [0.05, 0.1) is 6.61 Å². The molecule has 0 amide bonds. The van der Waals surface area contributed by atoms with E-state index in [0.29, 0.717) is 0 Å². The van der Waals surface area contributed by atoms with Gasteiger partial charge in [0.25, 0.3) is 10.2 Å². The molecule has 5 nitrogen and oxygen atoms in total. The van der Waals surface area contributed by atoms with Gasteiger partial charge >= 0.3 is 0 Å². The molecule has 0 aromatic rings. The smallest absolute Gasteiger partial charge is 0.274 e. The normalized spacial score (nSPS) is 15.4. The van der Waals surface area contributed by atoms with Gasteiger partial charge in [-0.1, -0.05) is 13.8 Å². The Morgan fingerprint density at radius 1 is 1.55 bits per heavy atom. The minimum Gasteiger partial charge on any atom is -0.395 e. The quantitative estimate of drug-likeness (QED) is 0.509. The van der Waals surface area contributed by atoms with Gasteiger partial charge in [0.15, 0.2) is 0 Å². The lowest BCUT2D eigenvalue weighted by Crippen LogP contribution is -2.44. The van der Waals surface area contributed by atoms with Crippen molar-refractivity contribution in [2.24, 2.45) is 11.1 Å². The number of nitrogens with two attached hydrogens (primary N) is 1. The molecule has 0 aliphatic heterocycles. The van der Waals surface area contributed by atoms with Gasteiger partial charge in [-0.25, -0.2) is 5.14 Å². The summed E-state index contributed by atoms with van der Waals surface area (Å²) in [5.41, 5.74) is 0. The molecule has 6 heteroatoms. The molecular weight excluding hydrogens is 168 g/mol. The van der Waals surface area contributed by atoms with E-state index in [0.717, 1.165) is 0 Å². The monoisotopic (exact) mass is 182 g/mol. The lowest BCUT2D eigenvalue weighted by Gasteiger charge is -2.17. The molecule has 0 bridgehead atoms. The van der Waals surface area contributed by atoms with E-state index in [1.54, 1.807) is 13.8 Å². The minimum absolute atomic E-state index is 0.0262. The molecule has 0 saturated heterocycles. The van der Waals surface area contributed by atoms with Crippen molar-refractivity contribution in [3.8, 4) is 0 Å². The van der Waals surface area contributed by atoms with Crippen LogP contribution in [-0.4, -0.2) is 26.2 Å². The summed E-state index contributed by atoms with van der Waals surface area (Å²) < 4.78 is 23.0. The SMILES string of the molecule is CC(C)C(CO)NS(N)(=O)=O. The summed E-state index contributed by atoms with van der Waals surface area (Å²) in [5, 5.41) is 13.4. The summed E-state index contributed by atoms with van der Waals surface area (Å²) >= 11 is 0. The molecule has 11 heavy (non-hydrogen) atoms. The van der Waals surface area contributed by atoms with E-state index < -0.39 is 16.3 Å². The van der Waals surface area contributed by atoms with Crippen molar-refractivity contribution in [3.63, 3.8) is 0 Å². The van der Waals surface area contributed by atoms with E-state index in [1.807, 2.05) is 0 Å². The van der Waals surface area contributed by atoms with Crippen LogP contribution in [0.15, 0.2) is 0 Å². The average molecular weight is 182 g/mol. The Morgan fingerprint density at radius 2 is 2.00 bits per heavy atom. The second kappa shape index (κ2) is 4.01. The van der Waals surface area contributed by atoms with Crippen molar-refractivity contribution in [1.82, 2.24) is 4.72 Å². The van der Waals surface area contributed by atoms with Gasteiger partial charge in [-0.05, 0) is 5.92 Å². The molecule has 0 aliphatic carbocycles. The Bertz CT molecular complexity index is 200. The molecule has 68 valence electrons. The second-order valence-electron chi connectivity index (χ2n) is 2.70. The van der Waals surface area contributed by atoms with Crippen LogP contribution in [0.3, 0.4) is 0 Å². The van der Waals surface area contributed by atoms with Crippen molar-refractivity contribution in [1.29, 1.82) is 0 Å². The molecule has 0 rings (SSSR count). The largest absolute Gasteiger partial charge is 0.395 e. The summed E-state index contributed by atoms with van der Waals surface area (Å²) in [4.78, 5) is 0. The maximum absolute atomic E-state index is 10.5. The average Bonchev–Trinajstić information content (AvgIpc) is 1.80. The Kier molecular flexibility index (Phi) is 3.95. The molecule has 1 unspecified atom stereocenters. The van der Waals surface area contributed by atoms with Crippen molar-refractivity contribution >= 4 is 10.2 Å². The van der Waals surface area contributed by atoms with E-state index >= 15 is 0 Å². The highest BCUT2D eigenvalue weighted by Crippen LogP contribution is 2.00. The molecule has 0 saturated carbocycles. The summed E-state index contributed by atoms with van der Waals surface area (Å²) in [6.45, 7) is 3.34. The molecule has 0 aromatic heterocycles. The van der Waals surface area contributed by atoms with Gasteiger partial charge in [-0.3, -0.25) is 0 Å². The molecule has 0 aliphatic rings. The van der Waals surface area contributed by atoms with Crippen LogP contribution in [-0.2, 0) is 10.2 Å². The van der Waals surface area contributed by atoms with Gasteiger partial charge in [0, 0.05) is 6.04 Å². The lowest BCUT2D eigenvalue weighted by molar-refractivity contribution is 0.228. The van der Waals surface area contributed by atoms with Gasteiger partial charge in [0.2, 0.25) is 0 Å². The van der Waals surface area contributed by atoms with E-state index in [2.05, 4.69) is 4.72 Å². The number of rotatable bonds is 4. The highest BCUT2D eigenvalue weighted by Gasteiger charge is 2.16. The van der Waals surface area contributed by atoms with E-state index in [9.17, 15) is 8.42 Å². The standard InChI is InChI=1S/C5H14N2O3S/c1-4(2)5(3-8)7-11(6,9)10/h4-5,7-8H,3H2,1-2H3,(H2,6,9,10). The molecule has 0 spiro atoms. The van der Waals surface area contributed by atoms with Crippen LogP contribution in [0.25, 0.3) is 0 Å². The van der Waals surface area contributed by atoms with Gasteiger partial charge in [0.1, 0.15) is 0 Å². The Balaban J connectivity index is 4.10. The summed E-state index contributed by atoms with van der Waals surface area (Å²) in [7, 11) is -3.69. The molecule has 0 radical (unpaired) electrons. The number of nitrogens with one attached hydrogen (secondary N) is 1. The zero-order valence-corrected chi connectivity index (χ0v) is 7.43. The number of aliphatic hydroxyl groups is 1. The first-order valence-corrected chi connectivity index (χ1v) is 4.82. The third-order valence-corrected chi connectivity index (χ3v) is 1.95. The molecule has 0 aromatic carbocycles. The molecule has 1 atom stereocenters. The van der Waals surface area contributed by atoms with Crippen molar-refractivity contribution in [2.45, 2.75) is 19.9 Å². The third kappa shape index (κ3) is 5.14. The fourth-order valence-electron chi connectivity index (χ4n) is 0.595.